The molecule has 0 aromatic carbocycles. The van der Waals surface area contributed by atoms with Crippen molar-refractivity contribution >= 4 is 11.9 Å². The molecule has 6 nitrogen and oxygen atoms in total. The fourth-order valence-corrected chi connectivity index (χ4v) is 4.38. The molecule has 6 heteroatoms. The molecule has 0 unspecified atom stereocenters. The molecule has 25 heavy (non-hydrogen) atoms. The van der Waals surface area contributed by atoms with E-state index in [0.29, 0.717) is 17.6 Å². The third-order valence-corrected chi connectivity index (χ3v) is 5.74. The molecule has 4 rings (SSSR count). The molecular formula is C19H22O6. The van der Waals surface area contributed by atoms with E-state index < -0.39 is 24.3 Å². The van der Waals surface area contributed by atoms with Gasteiger partial charge in [-0.05, 0) is 42.7 Å². The number of carbonyl (C=O) groups excluding carboxylic acids is 2. The predicted octanol–water partition coefficient (Wildman–Crippen LogP) is 2.14. The molecule has 2 heterocycles. The Labute approximate surface area is 146 Å². The van der Waals surface area contributed by atoms with E-state index in [9.17, 15) is 14.7 Å². The van der Waals surface area contributed by atoms with Gasteiger partial charge in [-0.3, -0.25) is 0 Å². The second-order valence-corrected chi connectivity index (χ2v) is 7.85. The first-order valence-electron chi connectivity index (χ1n) is 8.65. The number of cyclic esters (lactones) is 1. The highest BCUT2D eigenvalue weighted by Gasteiger charge is 2.53. The molecule has 0 aromatic rings. The van der Waals surface area contributed by atoms with Crippen molar-refractivity contribution in [2.45, 2.75) is 58.5 Å². The molecule has 4 atom stereocenters. The van der Waals surface area contributed by atoms with Gasteiger partial charge in [0.05, 0.1) is 17.9 Å². The van der Waals surface area contributed by atoms with Gasteiger partial charge in [0.2, 0.25) is 0 Å². The lowest BCUT2D eigenvalue weighted by atomic mass is 9.71. The second-order valence-electron chi connectivity index (χ2n) is 7.85. The van der Waals surface area contributed by atoms with Crippen LogP contribution in [0, 0.1) is 11.3 Å². The Kier molecular flexibility index (Phi) is 3.58. The number of hydrogen-bond acceptors (Lipinski definition) is 6. The minimum atomic E-state index is -0.808. The minimum absolute atomic E-state index is 0.0919. The maximum Gasteiger partial charge on any atom is 0.338 e. The lowest BCUT2D eigenvalue weighted by molar-refractivity contribution is -0.152. The van der Waals surface area contributed by atoms with Crippen molar-refractivity contribution in [2.75, 3.05) is 0 Å². The van der Waals surface area contributed by atoms with Gasteiger partial charge >= 0.3 is 11.9 Å². The van der Waals surface area contributed by atoms with Crippen molar-refractivity contribution in [1.29, 1.82) is 0 Å². The normalized spacial score (nSPS) is 37.6. The van der Waals surface area contributed by atoms with Crippen LogP contribution in [-0.4, -0.2) is 35.5 Å². The summed E-state index contributed by atoms with van der Waals surface area (Å²) in [6.07, 6.45) is 3.53. The van der Waals surface area contributed by atoms with Gasteiger partial charge in [-0.15, -0.1) is 0 Å². The summed E-state index contributed by atoms with van der Waals surface area (Å²) in [5.41, 5.74) is 2.91. The van der Waals surface area contributed by atoms with Crippen LogP contribution in [0.25, 0.3) is 0 Å². The molecule has 134 valence electrons. The van der Waals surface area contributed by atoms with Crippen LogP contribution in [0.4, 0.5) is 0 Å². The minimum Gasteiger partial charge on any atom is -0.458 e. The van der Waals surface area contributed by atoms with Gasteiger partial charge in [-0.1, -0.05) is 13.8 Å². The fraction of sp³-hybridized carbons (Fsp3) is 0.579. The van der Waals surface area contributed by atoms with E-state index in [1.807, 2.05) is 0 Å². The lowest BCUT2D eigenvalue weighted by Crippen LogP contribution is -2.31. The molecule has 0 saturated carbocycles. The number of rotatable bonds is 2. The predicted molar refractivity (Wildman–Crippen MR) is 86.8 cm³/mol. The smallest absolute Gasteiger partial charge is 0.338 e. The van der Waals surface area contributed by atoms with E-state index in [1.54, 1.807) is 13.0 Å². The first-order valence-corrected chi connectivity index (χ1v) is 8.65. The molecule has 0 radical (unpaired) electrons. The number of carbonyl (C=O) groups is 2. The van der Waals surface area contributed by atoms with Gasteiger partial charge in [-0.2, -0.15) is 0 Å². The Bertz CT molecular complexity index is 741. The van der Waals surface area contributed by atoms with Crippen LogP contribution in [0.1, 0.15) is 40.0 Å². The first-order chi connectivity index (χ1) is 11.8. The van der Waals surface area contributed by atoms with Gasteiger partial charge in [0.25, 0.3) is 6.29 Å². The molecule has 0 bridgehead atoms. The van der Waals surface area contributed by atoms with Crippen molar-refractivity contribution in [1.82, 2.24) is 0 Å². The zero-order chi connectivity index (χ0) is 17.9. The lowest BCUT2D eigenvalue weighted by Gasteiger charge is -2.36. The Morgan fingerprint density at radius 1 is 1.28 bits per heavy atom. The standard InChI is InChI=1S/C19H22O6/c1-9-6-14(24-17(9)21)23-8-12-10-7-11-13(20)4-5-19(2,3)15(11)16(10)25-18(12)22/h6,8,10,13-14,16,20H,4-5,7H2,1-3H3/b12-8+/t10-,13-,14-,16+/m0/s1. The van der Waals surface area contributed by atoms with E-state index >= 15 is 0 Å². The molecule has 0 amide bonds. The van der Waals surface area contributed by atoms with E-state index in [4.69, 9.17) is 14.2 Å². The van der Waals surface area contributed by atoms with E-state index in [2.05, 4.69) is 13.8 Å². The Morgan fingerprint density at radius 2 is 2.04 bits per heavy atom. The molecule has 2 aliphatic carbocycles. The van der Waals surface area contributed by atoms with Crippen LogP contribution in [0.5, 0.6) is 0 Å². The van der Waals surface area contributed by atoms with E-state index in [0.717, 1.165) is 24.0 Å². The maximum atomic E-state index is 12.3. The molecular weight excluding hydrogens is 324 g/mol. The highest BCUT2D eigenvalue weighted by Crippen LogP contribution is 2.54. The summed E-state index contributed by atoms with van der Waals surface area (Å²) in [6.45, 7) is 5.92. The highest BCUT2D eigenvalue weighted by atomic mass is 16.7. The van der Waals surface area contributed by atoms with Crippen LogP contribution < -0.4 is 0 Å². The molecule has 1 fully saturated rings. The largest absolute Gasteiger partial charge is 0.458 e. The number of hydrogen-bond donors (Lipinski definition) is 1. The quantitative estimate of drug-likeness (QED) is 0.357. The van der Waals surface area contributed by atoms with E-state index in [-0.39, 0.29) is 17.4 Å². The fourth-order valence-electron chi connectivity index (χ4n) is 4.38. The molecule has 2 aliphatic heterocycles. The number of aliphatic hydroxyl groups is 1. The zero-order valence-electron chi connectivity index (χ0n) is 14.6. The molecule has 4 aliphatic rings. The summed E-state index contributed by atoms with van der Waals surface area (Å²) in [6, 6.07) is 0. The van der Waals surface area contributed by atoms with Crippen molar-refractivity contribution in [2.24, 2.45) is 11.3 Å². The number of ether oxygens (including phenoxy) is 3. The van der Waals surface area contributed by atoms with Crippen molar-refractivity contribution in [3.05, 3.63) is 34.6 Å². The van der Waals surface area contributed by atoms with Gasteiger partial charge in [0.15, 0.2) is 0 Å². The monoisotopic (exact) mass is 346 g/mol. The van der Waals surface area contributed by atoms with E-state index in [1.165, 1.54) is 6.26 Å². The van der Waals surface area contributed by atoms with Gasteiger partial charge < -0.3 is 19.3 Å². The summed E-state index contributed by atoms with van der Waals surface area (Å²) < 4.78 is 16.1. The van der Waals surface area contributed by atoms with Crippen LogP contribution in [0.15, 0.2) is 34.6 Å². The summed E-state index contributed by atoms with van der Waals surface area (Å²) in [5.74, 6) is -0.965. The third-order valence-electron chi connectivity index (χ3n) is 5.74. The van der Waals surface area contributed by atoms with Crippen molar-refractivity contribution in [3.8, 4) is 0 Å². The highest BCUT2D eigenvalue weighted by molar-refractivity contribution is 5.92. The maximum absolute atomic E-state index is 12.3. The summed E-state index contributed by atoms with van der Waals surface area (Å²) in [4.78, 5) is 23.7. The topological polar surface area (TPSA) is 82.1 Å². The molecule has 1 saturated heterocycles. The number of esters is 2. The van der Waals surface area contributed by atoms with Crippen LogP contribution >= 0.6 is 0 Å². The Morgan fingerprint density at radius 3 is 2.72 bits per heavy atom. The van der Waals surface area contributed by atoms with Gasteiger partial charge in [-0.25, -0.2) is 9.59 Å². The average Bonchev–Trinajstić information content (AvgIpc) is 3.15. The van der Waals surface area contributed by atoms with Crippen LogP contribution in [-0.2, 0) is 23.8 Å². The summed E-state index contributed by atoms with van der Waals surface area (Å²) in [7, 11) is 0. The van der Waals surface area contributed by atoms with Crippen LogP contribution in [0.3, 0.4) is 0 Å². The van der Waals surface area contributed by atoms with Crippen LogP contribution in [0.2, 0.25) is 0 Å². The Balaban J connectivity index is 1.57. The third kappa shape index (κ3) is 2.51. The van der Waals surface area contributed by atoms with Crippen molar-refractivity contribution < 1.29 is 28.9 Å². The SMILES string of the molecule is CC1=C[C@@H](O/C=C2/C(=O)O[C@H]3C4=C(C[C@@H]23)[C@@H](O)CCC4(C)C)OC1=O. The van der Waals surface area contributed by atoms with Gasteiger partial charge in [0, 0.05) is 17.6 Å². The molecule has 1 N–H and O–H groups in total. The number of fused-ring (bicyclic) bond motifs is 2. The van der Waals surface area contributed by atoms with Gasteiger partial charge in [0.1, 0.15) is 6.10 Å². The molecule has 0 aromatic heterocycles. The number of aliphatic hydroxyl groups excluding tert-OH is 1. The van der Waals surface area contributed by atoms with Crippen molar-refractivity contribution in [3.63, 3.8) is 0 Å². The average molecular weight is 346 g/mol. The first kappa shape index (κ1) is 16.4. The molecule has 0 spiro atoms. The zero-order valence-corrected chi connectivity index (χ0v) is 14.6. The Hall–Kier alpha value is -2.08. The second kappa shape index (κ2) is 5.46. The summed E-state index contributed by atoms with van der Waals surface area (Å²) in [5, 5.41) is 10.4. The summed E-state index contributed by atoms with van der Waals surface area (Å²) >= 11 is 0.